The highest BCUT2D eigenvalue weighted by atomic mass is 16.7. The van der Waals surface area contributed by atoms with E-state index in [4.69, 9.17) is 4.84 Å². The van der Waals surface area contributed by atoms with Gasteiger partial charge in [0.05, 0.1) is 16.7 Å². The molecular formula is C14H10N2O4. The fourth-order valence-electron chi connectivity index (χ4n) is 1.48. The average molecular weight is 270 g/mol. The van der Waals surface area contributed by atoms with Crippen molar-refractivity contribution in [1.29, 1.82) is 0 Å². The van der Waals surface area contributed by atoms with E-state index in [0.717, 1.165) is 0 Å². The lowest BCUT2D eigenvalue weighted by Gasteiger charge is -1.97. The molecule has 0 atom stereocenters. The Bertz CT molecular complexity index is 653. The highest BCUT2D eigenvalue weighted by Crippen LogP contribution is 2.11. The zero-order valence-corrected chi connectivity index (χ0v) is 10.3. The van der Waals surface area contributed by atoms with Crippen molar-refractivity contribution in [3.63, 3.8) is 0 Å². The van der Waals surface area contributed by atoms with Crippen LogP contribution in [0.2, 0.25) is 0 Å². The Hall–Kier alpha value is -3.02. The summed E-state index contributed by atoms with van der Waals surface area (Å²) in [7, 11) is 0. The van der Waals surface area contributed by atoms with Crippen molar-refractivity contribution in [3.8, 4) is 0 Å². The fraction of sp³-hybridized carbons (Fsp3) is 0. The van der Waals surface area contributed by atoms with E-state index in [1.54, 1.807) is 36.4 Å². The van der Waals surface area contributed by atoms with Crippen LogP contribution in [0, 0.1) is 10.1 Å². The summed E-state index contributed by atoms with van der Waals surface area (Å²) in [6.07, 6.45) is 1.24. The minimum absolute atomic E-state index is 0.0525. The van der Waals surface area contributed by atoms with Crippen LogP contribution in [-0.4, -0.2) is 17.1 Å². The molecule has 0 saturated carbocycles. The lowest BCUT2D eigenvalue weighted by Crippen LogP contribution is -2.00. The Kier molecular flexibility index (Phi) is 4.18. The maximum atomic E-state index is 11.6. The Labute approximate surface area is 114 Å². The normalized spacial score (nSPS) is 10.4. The lowest BCUT2D eigenvalue weighted by atomic mass is 10.2. The van der Waals surface area contributed by atoms with E-state index in [0.29, 0.717) is 11.1 Å². The second-order valence-electron chi connectivity index (χ2n) is 3.83. The molecule has 0 aromatic heterocycles. The average Bonchev–Trinajstić information content (AvgIpc) is 2.48. The molecule has 0 aliphatic carbocycles. The van der Waals surface area contributed by atoms with E-state index in [1.165, 1.54) is 24.4 Å². The van der Waals surface area contributed by atoms with Crippen LogP contribution >= 0.6 is 0 Å². The summed E-state index contributed by atoms with van der Waals surface area (Å²) in [5.74, 6) is -0.590. The number of carbonyl (C=O) groups excluding carboxylic acids is 1. The molecule has 0 spiro atoms. The van der Waals surface area contributed by atoms with Crippen molar-refractivity contribution in [1.82, 2.24) is 0 Å². The summed E-state index contributed by atoms with van der Waals surface area (Å²) in [6.45, 7) is 0. The van der Waals surface area contributed by atoms with Gasteiger partial charge in [-0.3, -0.25) is 10.1 Å². The summed E-state index contributed by atoms with van der Waals surface area (Å²) in [5.41, 5.74) is 0.798. The van der Waals surface area contributed by atoms with Crippen LogP contribution in [0.3, 0.4) is 0 Å². The number of nitrogens with zero attached hydrogens (tertiary/aromatic N) is 2. The van der Waals surface area contributed by atoms with E-state index in [1.807, 2.05) is 0 Å². The first-order valence-corrected chi connectivity index (χ1v) is 5.71. The van der Waals surface area contributed by atoms with Gasteiger partial charge >= 0.3 is 5.97 Å². The molecule has 0 aliphatic heterocycles. The first kappa shape index (κ1) is 13.4. The molecule has 6 nitrogen and oxygen atoms in total. The van der Waals surface area contributed by atoms with E-state index in [-0.39, 0.29) is 5.69 Å². The molecule has 0 radical (unpaired) electrons. The highest BCUT2D eigenvalue weighted by molar-refractivity contribution is 5.90. The standard InChI is InChI=1S/C14H10N2O4/c17-14(12-6-2-1-3-7-12)20-15-10-11-5-4-8-13(9-11)16(18)19/h1-10H. The molecule has 2 rings (SSSR count). The van der Waals surface area contributed by atoms with Crippen molar-refractivity contribution < 1.29 is 14.6 Å². The smallest absolute Gasteiger partial charge is 0.313 e. The molecule has 20 heavy (non-hydrogen) atoms. The van der Waals surface area contributed by atoms with Gasteiger partial charge in [0.15, 0.2) is 0 Å². The number of non-ortho nitro benzene ring substituents is 1. The van der Waals surface area contributed by atoms with Gasteiger partial charge in [-0.1, -0.05) is 35.5 Å². The third kappa shape index (κ3) is 3.49. The molecule has 2 aromatic rings. The molecule has 0 fully saturated rings. The molecule has 0 bridgehead atoms. The zero-order chi connectivity index (χ0) is 14.4. The molecule has 0 unspecified atom stereocenters. The molecule has 0 saturated heterocycles. The summed E-state index contributed by atoms with van der Waals surface area (Å²) < 4.78 is 0. The molecule has 0 heterocycles. The highest BCUT2D eigenvalue weighted by Gasteiger charge is 2.06. The predicted octanol–water partition coefficient (Wildman–Crippen LogP) is 2.79. The monoisotopic (exact) mass is 270 g/mol. The maximum absolute atomic E-state index is 11.6. The predicted molar refractivity (Wildman–Crippen MR) is 72.5 cm³/mol. The minimum Gasteiger partial charge on any atom is -0.313 e. The number of benzene rings is 2. The van der Waals surface area contributed by atoms with Crippen LogP contribution in [0.1, 0.15) is 15.9 Å². The Morgan fingerprint density at radius 1 is 1.15 bits per heavy atom. The van der Waals surface area contributed by atoms with Crippen LogP contribution in [-0.2, 0) is 4.84 Å². The maximum Gasteiger partial charge on any atom is 0.365 e. The Morgan fingerprint density at radius 2 is 1.90 bits per heavy atom. The topological polar surface area (TPSA) is 81.8 Å². The number of nitro benzene ring substituents is 1. The Morgan fingerprint density at radius 3 is 2.60 bits per heavy atom. The van der Waals surface area contributed by atoms with Gasteiger partial charge in [0, 0.05) is 17.7 Å². The zero-order valence-electron chi connectivity index (χ0n) is 10.3. The van der Waals surface area contributed by atoms with E-state index < -0.39 is 10.9 Å². The van der Waals surface area contributed by atoms with Crippen LogP contribution in [0.25, 0.3) is 0 Å². The van der Waals surface area contributed by atoms with E-state index in [9.17, 15) is 14.9 Å². The van der Waals surface area contributed by atoms with Gasteiger partial charge in [-0.15, -0.1) is 0 Å². The fourth-order valence-corrected chi connectivity index (χ4v) is 1.48. The molecule has 2 aromatic carbocycles. The number of carbonyl (C=O) groups is 1. The lowest BCUT2D eigenvalue weighted by molar-refractivity contribution is -0.384. The van der Waals surface area contributed by atoms with Gasteiger partial charge in [-0.2, -0.15) is 0 Å². The van der Waals surface area contributed by atoms with Crippen molar-refractivity contribution in [2.45, 2.75) is 0 Å². The number of oxime groups is 1. The minimum atomic E-state index is -0.590. The first-order valence-electron chi connectivity index (χ1n) is 5.71. The molecule has 0 N–H and O–H groups in total. The van der Waals surface area contributed by atoms with Crippen LogP contribution < -0.4 is 0 Å². The molecule has 6 heteroatoms. The number of hydrogen-bond acceptors (Lipinski definition) is 5. The SMILES string of the molecule is O=C(ON=Cc1cccc([N+](=O)[O-])c1)c1ccccc1. The first-order chi connectivity index (χ1) is 9.66. The van der Waals surface area contributed by atoms with Gasteiger partial charge in [0.1, 0.15) is 0 Å². The van der Waals surface area contributed by atoms with Gasteiger partial charge < -0.3 is 4.84 Å². The number of hydrogen-bond donors (Lipinski definition) is 0. The molecular weight excluding hydrogens is 260 g/mol. The van der Waals surface area contributed by atoms with Crippen molar-refractivity contribution in [2.75, 3.05) is 0 Å². The van der Waals surface area contributed by atoms with Crippen LogP contribution in [0.15, 0.2) is 59.8 Å². The second kappa shape index (κ2) is 6.24. The number of rotatable bonds is 4. The summed E-state index contributed by atoms with van der Waals surface area (Å²) in [6, 6.07) is 14.2. The third-order valence-electron chi connectivity index (χ3n) is 2.43. The van der Waals surface area contributed by atoms with Gasteiger partial charge in [-0.25, -0.2) is 4.79 Å². The van der Waals surface area contributed by atoms with Crippen molar-refractivity contribution in [3.05, 3.63) is 75.8 Å². The molecule has 0 amide bonds. The van der Waals surface area contributed by atoms with Gasteiger partial charge in [-0.05, 0) is 12.1 Å². The molecule has 0 aliphatic rings. The summed E-state index contributed by atoms with van der Waals surface area (Å²) in [5, 5.41) is 14.1. The van der Waals surface area contributed by atoms with Gasteiger partial charge in [0.2, 0.25) is 0 Å². The largest absolute Gasteiger partial charge is 0.365 e. The quantitative estimate of drug-likeness (QED) is 0.370. The van der Waals surface area contributed by atoms with Gasteiger partial charge in [0.25, 0.3) is 5.69 Å². The second-order valence-corrected chi connectivity index (χ2v) is 3.83. The summed E-state index contributed by atoms with van der Waals surface area (Å²) >= 11 is 0. The van der Waals surface area contributed by atoms with E-state index >= 15 is 0 Å². The molecule has 100 valence electrons. The van der Waals surface area contributed by atoms with Crippen molar-refractivity contribution >= 4 is 17.9 Å². The van der Waals surface area contributed by atoms with Crippen LogP contribution in [0.4, 0.5) is 5.69 Å². The Balaban J connectivity index is 2.02. The summed E-state index contributed by atoms with van der Waals surface area (Å²) in [4.78, 5) is 26.3. The van der Waals surface area contributed by atoms with Crippen LogP contribution in [0.5, 0.6) is 0 Å². The van der Waals surface area contributed by atoms with Crippen molar-refractivity contribution in [2.24, 2.45) is 5.16 Å². The van der Waals surface area contributed by atoms with E-state index in [2.05, 4.69) is 5.16 Å². The number of nitro groups is 1. The third-order valence-corrected chi connectivity index (χ3v) is 2.43.